The van der Waals surface area contributed by atoms with E-state index >= 15 is 0 Å². The first-order valence-corrected chi connectivity index (χ1v) is 6.68. The van der Waals surface area contributed by atoms with E-state index < -0.39 is 5.91 Å². The SMILES string of the molecule is Cc1cc(C(=O)Nc2nnc(Cc3cccs3)o2)on1. The first kappa shape index (κ1) is 12.5. The Morgan fingerprint density at radius 1 is 1.45 bits per heavy atom. The van der Waals surface area contributed by atoms with Crippen LogP contribution in [0.2, 0.25) is 0 Å². The van der Waals surface area contributed by atoms with Crippen LogP contribution in [-0.2, 0) is 6.42 Å². The Kier molecular flexibility index (Phi) is 3.30. The highest BCUT2D eigenvalue weighted by atomic mass is 32.1. The van der Waals surface area contributed by atoms with E-state index in [-0.39, 0.29) is 11.8 Å². The summed E-state index contributed by atoms with van der Waals surface area (Å²) in [6, 6.07) is 5.49. The van der Waals surface area contributed by atoms with Crippen LogP contribution in [0.3, 0.4) is 0 Å². The highest BCUT2D eigenvalue weighted by molar-refractivity contribution is 7.09. The highest BCUT2D eigenvalue weighted by Gasteiger charge is 2.15. The second kappa shape index (κ2) is 5.25. The van der Waals surface area contributed by atoms with E-state index in [9.17, 15) is 4.79 Å². The van der Waals surface area contributed by atoms with Crippen molar-refractivity contribution >= 4 is 23.3 Å². The van der Waals surface area contributed by atoms with Gasteiger partial charge >= 0.3 is 6.01 Å². The predicted molar refractivity (Wildman–Crippen MR) is 70.6 cm³/mol. The molecule has 0 radical (unpaired) electrons. The molecule has 0 aliphatic rings. The third-order valence-corrected chi connectivity index (χ3v) is 3.32. The molecule has 0 bridgehead atoms. The van der Waals surface area contributed by atoms with Crippen LogP contribution in [0.5, 0.6) is 0 Å². The molecular formula is C12H10N4O3S. The third-order valence-electron chi connectivity index (χ3n) is 2.44. The van der Waals surface area contributed by atoms with Gasteiger partial charge in [0.05, 0.1) is 12.1 Å². The van der Waals surface area contributed by atoms with Crippen LogP contribution in [-0.4, -0.2) is 21.3 Å². The molecule has 1 N–H and O–H groups in total. The Balaban J connectivity index is 1.66. The molecule has 0 unspecified atom stereocenters. The maximum absolute atomic E-state index is 11.8. The van der Waals surface area contributed by atoms with Gasteiger partial charge in [0, 0.05) is 10.9 Å². The van der Waals surface area contributed by atoms with Crippen LogP contribution in [0.15, 0.2) is 32.5 Å². The summed E-state index contributed by atoms with van der Waals surface area (Å²) < 4.78 is 10.2. The molecule has 7 nitrogen and oxygen atoms in total. The van der Waals surface area contributed by atoms with E-state index in [0.29, 0.717) is 18.0 Å². The molecule has 3 rings (SSSR count). The minimum absolute atomic E-state index is 0.0376. The molecule has 0 saturated carbocycles. The minimum Gasteiger partial charge on any atom is -0.407 e. The van der Waals surface area contributed by atoms with Crippen LogP contribution < -0.4 is 5.32 Å². The second-order valence-corrected chi connectivity index (χ2v) is 5.08. The molecule has 3 heterocycles. The summed E-state index contributed by atoms with van der Waals surface area (Å²) in [5, 5.41) is 15.7. The summed E-state index contributed by atoms with van der Waals surface area (Å²) in [6.07, 6.45) is 0.544. The zero-order valence-corrected chi connectivity index (χ0v) is 11.3. The predicted octanol–water partition coefficient (Wildman–Crippen LogP) is 2.27. The summed E-state index contributed by atoms with van der Waals surface area (Å²) in [7, 11) is 0. The van der Waals surface area contributed by atoms with Gasteiger partial charge in [0.1, 0.15) is 0 Å². The average molecular weight is 290 g/mol. The third kappa shape index (κ3) is 2.75. The van der Waals surface area contributed by atoms with Crippen LogP contribution in [0.25, 0.3) is 0 Å². The molecule has 0 saturated heterocycles. The molecule has 1 amide bonds. The van der Waals surface area contributed by atoms with E-state index in [1.54, 1.807) is 18.3 Å². The van der Waals surface area contributed by atoms with Crippen molar-refractivity contribution < 1.29 is 13.7 Å². The lowest BCUT2D eigenvalue weighted by Crippen LogP contribution is -2.11. The first-order chi connectivity index (χ1) is 9.70. The summed E-state index contributed by atoms with van der Waals surface area (Å²) >= 11 is 1.60. The highest BCUT2D eigenvalue weighted by Crippen LogP contribution is 2.16. The Hall–Kier alpha value is -2.48. The standard InChI is InChI=1S/C12H10N4O3S/c1-7-5-9(19-16-7)11(17)13-12-15-14-10(18-12)6-8-3-2-4-20-8/h2-5H,6H2,1H3,(H,13,15,17). The topological polar surface area (TPSA) is 94.1 Å². The van der Waals surface area contributed by atoms with Gasteiger partial charge in [0.25, 0.3) is 5.91 Å². The van der Waals surface area contributed by atoms with E-state index in [1.165, 1.54) is 6.07 Å². The summed E-state index contributed by atoms with van der Waals surface area (Å²) in [5.41, 5.74) is 0.624. The smallest absolute Gasteiger partial charge is 0.322 e. The molecule has 20 heavy (non-hydrogen) atoms. The zero-order valence-electron chi connectivity index (χ0n) is 10.5. The van der Waals surface area contributed by atoms with E-state index in [2.05, 4.69) is 20.7 Å². The fourth-order valence-corrected chi connectivity index (χ4v) is 2.26. The van der Waals surface area contributed by atoms with Crippen molar-refractivity contribution in [3.8, 4) is 0 Å². The number of anilines is 1. The van der Waals surface area contributed by atoms with Crippen molar-refractivity contribution in [2.45, 2.75) is 13.3 Å². The Morgan fingerprint density at radius 2 is 2.35 bits per heavy atom. The molecule has 0 aromatic carbocycles. The van der Waals surface area contributed by atoms with Gasteiger partial charge in [0.2, 0.25) is 11.7 Å². The van der Waals surface area contributed by atoms with Gasteiger partial charge in [-0.3, -0.25) is 10.1 Å². The fourth-order valence-electron chi connectivity index (χ4n) is 1.57. The number of rotatable bonds is 4. The molecule has 0 fully saturated rings. The molecule has 3 aromatic heterocycles. The number of hydrogen-bond acceptors (Lipinski definition) is 7. The Morgan fingerprint density at radius 3 is 3.05 bits per heavy atom. The van der Waals surface area contributed by atoms with E-state index in [4.69, 9.17) is 8.94 Å². The van der Waals surface area contributed by atoms with E-state index in [0.717, 1.165) is 4.88 Å². The summed E-state index contributed by atoms with van der Waals surface area (Å²) in [5.74, 6) is 0.0638. The largest absolute Gasteiger partial charge is 0.407 e. The lowest BCUT2D eigenvalue weighted by atomic mass is 10.3. The number of aromatic nitrogens is 3. The lowest BCUT2D eigenvalue weighted by Gasteiger charge is -1.94. The molecule has 0 atom stereocenters. The van der Waals surface area contributed by atoms with Gasteiger partial charge in [-0.1, -0.05) is 16.3 Å². The van der Waals surface area contributed by atoms with Gasteiger partial charge in [-0.2, -0.15) is 0 Å². The monoisotopic (exact) mass is 290 g/mol. The second-order valence-electron chi connectivity index (χ2n) is 4.04. The number of carbonyl (C=O) groups is 1. The number of carbonyl (C=O) groups excluding carboxylic acids is 1. The summed E-state index contributed by atoms with van der Waals surface area (Å²) in [4.78, 5) is 12.9. The number of amides is 1. The molecule has 0 aliphatic carbocycles. The molecule has 102 valence electrons. The Labute approximate surface area is 117 Å². The summed E-state index contributed by atoms with van der Waals surface area (Å²) in [6.45, 7) is 1.73. The maximum Gasteiger partial charge on any atom is 0.322 e. The number of hydrogen-bond donors (Lipinski definition) is 1. The number of thiophene rings is 1. The number of nitrogens with zero attached hydrogens (tertiary/aromatic N) is 3. The molecule has 3 aromatic rings. The molecular weight excluding hydrogens is 280 g/mol. The molecule has 8 heteroatoms. The zero-order chi connectivity index (χ0) is 13.9. The normalized spacial score (nSPS) is 10.7. The van der Waals surface area contributed by atoms with Gasteiger partial charge < -0.3 is 8.94 Å². The minimum atomic E-state index is -0.475. The number of aryl methyl sites for hydroxylation is 1. The van der Waals surface area contributed by atoms with Crippen molar-refractivity contribution in [1.29, 1.82) is 0 Å². The van der Waals surface area contributed by atoms with Crippen molar-refractivity contribution in [2.24, 2.45) is 0 Å². The first-order valence-electron chi connectivity index (χ1n) is 5.80. The quantitative estimate of drug-likeness (QED) is 0.792. The molecule has 0 aliphatic heterocycles. The Bertz CT molecular complexity index is 717. The number of nitrogens with one attached hydrogen (secondary N) is 1. The van der Waals surface area contributed by atoms with Gasteiger partial charge in [-0.05, 0) is 18.4 Å². The van der Waals surface area contributed by atoms with Crippen LogP contribution in [0.1, 0.15) is 27.0 Å². The maximum atomic E-state index is 11.8. The van der Waals surface area contributed by atoms with Gasteiger partial charge in [-0.25, -0.2) is 0 Å². The van der Waals surface area contributed by atoms with Gasteiger partial charge in [-0.15, -0.1) is 16.4 Å². The van der Waals surface area contributed by atoms with Crippen LogP contribution >= 0.6 is 11.3 Å². The fraction of sp³-hybridized carbons (Fsp3) is 0.167. The van der Waals surface area contributed by atoms with Crippen molar-refractivity contribution in [3.63, 3.8) is 0 Å². The van der Waals surface area contributed by atoms with Gasteiger partial charge in [0.15, 0.2) is 0 Å². The lowest BCUT2D eigenvalue weighted by molar-refractivity contribution is 0.0985. The molecule has 0 spiro atoms. The van der Waals surface area contributed by atoms with Crippen molar-refractivity contribution in [2.75, 3.05) is 5.32 Å². The van der Waals surface area contributed by atoms with Crippen molar-refractivity contribution in [3.05, 3.63) is 45.8 Å². The van der Waals surface area contributed by atoms with Crippen LogP contribution in [0, 0.1) is 6.92 Å². The van der Waals surface area contributed by atoms with Crippen LogP contribution in [0.4, 0.5) is 6.01 Å². The van der Waals surface area contributed by atoms with E-state index in [1.807, 2.05) is 17.5 Å². The average Bonchev–Trinajstić information content (AvgIpc) is 3.13. The van der Waals surface area contributed by atoms with Crippen molar-refractivity contribution in [1.82, 2.24) is 15.4 Å².